The lowest BCUT2D eigenvalue weighted by Gasteiger charge is -2.50. The molecule has 2 atom stereocenters. The lowest BCUT2D eigenvalue weighted by Crippen LogP contribution is -2.64. The van der Waals surface area contributed by atoms with Crippen LogP contribution in [0.25, 0.3) is 10.9 Å². The van der Waals surface area contributed by atoms with Gasteiger partial charge in [0.25, 0.3) is 5.91 Å². The number of hydrogen-bond donors (Lipinski definition) is 2. The van der Waals surface area contributed by atoms with Gasteiger partial charge < -0.3 is 24.8 Å². The summed E-state index contributed by atoms with van der Waals surface area (Å²) in [7, 11) is 0. The maximum absolute atomic E-state index is 12.9. The smallest absolute Gasteiger partial charge is 0.260 e. The van der Waals surface area contributed by atoms with Crippen LogP contribution in [-0.4, -0.2) is 70.4 Å². The van der Waals surface area contributed by atoms with E-state index in [0.29, 0.717) is 38.1 Å². The molecule has 0 bridgehead atoms. The van der Waals surface area contributed by atoms with Crippen LogP contribution in [0.3, 0.4) is 0 Å². The molecule has 2 amide bonds. The Kier molecular flexibility index (Phi) is 6.33. The molecule has 1 aromatic carbocycles. The molecule has 2 aliphatic heterocycles. The number of benzene rings is 1. The minimum Gasteiger partial charge on any atom is -0.483 e. The number of aromatic nitrogens is 1. The fourth-order valence-corrected chi connectivity index (χ4v) is 4.85. The molecule has 3 heterocycles. The van der Waals surface area contributed by atoms with Gasteiger partial charge >= 0.3 is 0 Å². The van der Waals surface area contributed by atoms with Crippen molar-refractivity contribution in [2.45, 2.75) is 64.2 Å². The molecule has 2 aliphatic rings. The summed E-state index contributed by atoms with van der Waals surface area (Å²) in [5.41, 5.74) is 1.25. The van der Waals surface area contributed by atoms with E-state index in [1.807, 2.05) is 38.1 Å². The Morgan fingerprint density at radius 2 is 2.03 bits per heavy atom. The third-order valence-corrected chi connectivity index (χ3v) is 6.88. The number of likely N-dealkylation sites (tertiary alicyclic amines) is 1. The van der Waals surface area contributed by atoms with E-state index >= 15 is 0 Å². The molecular formula is C25H33N3O5. The predicted molar refractivity (Wildman–Crippen MR) is 124 cm³/mol. The number of para-hydroxylation sites is 1. The molecule has 2 fully saturated rings. The van der Waals surface area contributed by atoms with Gasteiger partial charge in [-0.05, 0) is 51.7 Å². The van der Waals surface area contributed by atoms with Crippen LogP contribution < -0.4 is 10.1 Å². The van der Waals surface area contributed by atoms with Crippen molar-refractivity contribution in [2.75, 3.05) is 26.3 Å². The number of nitrogens with zero attached hydrogens (tertiary/aromatic N) is 2. The molecule has 0 aliphatic carbocycles. The van der Waals surface area contributed by atoms with Crippen molar-refractivity contribution in [1.82, 2.24) is 15.2 Å². The minimum atomic E-state index is -1.11. The third-order valence-electron chi connectivity index (χ3n) is 6.88. The quantitative estimate of drug-likeness (QED) is 0.734. The Hall–Kier alpha value is -2.71. The van der Waals surface area contributed by atoms with Crippen molar-refractivity contribution in [2.24, 2.45) is 0 Å². The number of rotatable bonds is 4. The number of piperidine rings is 1. The van der Waals surface area contributed by atoms with Crippen molar-refractivity contribution >= 4 is 22.7 Å². The molecule has 2 N–H and O–H groups in total. The molecule has 33 heavy (non-hydrogen) atoms. The zero-order chi connectivity index (χ0) is 23.8. The number of amides is 2. The molecule has 0 radical (unpaired) electrons. The second-order valence-electron chi connectivity index (χ2n) is 9.69. The topological polar surface area (TPSA) is 101 Å². The SMILES string of the molecule is CC(=O)N[C@H]1CC2(CCN(C(=O)COc3cc(C)nc4c(C)cccc34)CC2)OC[C@]1(C)O. The van der Waals surface area contributed by atoms with Crippen molar-refractivity contribution in [1.29, 1.82) is 0 Å². The maximum atomic E-state index is 12.9. The summed E-state index contributed by atoms with van der Waals surface area (Å²) in [6, 6.07) is 7.42. The number of carbonyl (C=O) groups excluding carboxylic acids is 2. The van der Waals surface area contributed by atoms with Crippen LogP contribution >= 0.6 is 0 Å². The van der Waals surface area contributed by atoms with E-state index in [9.17, 15) is 14.7 Å². The molecule has 1 spiro atoms. The Morgan fingerprint density at radius 3 is 2.73 bits per heavy atom. The number of pyridine rings is 1. The summed E-state index contributed by atoms with van der Waals surface area (Å²) >= 11 is 0. The van der Waals surface area contributed by atoms with E-state index in [4.69, 9.17) is 9.47 Å². The molecule has 0 saturated carbocycles. The number of hydrogen-bond acceptors (Lipinski definition) is 6. The van der Waals surface area contributed by atoms with Gasteiger partial charge in [0.15, 0.2) is 6.61 Å². The van der Waals surface area contributed by atoms with Crippen LogP contribution in [0, 0.1) is 13.8 Å². The molecule has 8 nitrogen and oxygen atoms in total. The molecule has 4 rings (SSSR count). The minimum absolute atomic E-state index is 0.0381. The van der Waals surface area contributed by atoms with Gasteiger partial charge in [0.05, 0.1) is 23.8 Å². The average Bonchev–Trinajstić information content (AvgIpc) is 2.76. The van der Waals surface area contributed by atoms with Crippen molar-refractivity contribution in [3.63, 3.8) is 0 Å². The molecule has 0 unspecified atom stereocenters. The Morgan fingerprint density at radius 1 is 1.30 bits per heavy atom. The van der Waals surface area contributed by atoms with Gasteiger partial charge in [-0.3, -0.25) is 14.6 Å². The van der Waals surface area contributed by atoms with Gasteiger partial charge in [-0.1, -0.05) is 12.1 Å². The van der Waals surface area contributed by atoms with E-state index < -0.39 is 11.2 Å². The maximum Gasteiger partial charge on any atom is 0.260 e. The Balaban J connectivity index is 1.37. The normalized spacial score (nSPS) is 24.6. The summed E-state index contributed by atoms with van der Waals surface area (Å²) < 4.78 is 12.0. The van der Waals surface area contributed by atoms with E-state index in [-0.39, 0.29) is 31.1 Å². The van der Waals surface area contributed by atoms with Crippen LogP contribution in [0.2, 0.25) is 0 Å². The fourth-order valence-electron chi connectivity index (χ4n) is 4.85. The molecule has 2 saturated heterocycles. The van der Waals surface area contributed by atoms with Crippen LogP contribution in [0.1, 0.15) is 44.4 Å². The number of carbonyl (C=O) groups is 2. The summed E-state index contributed by atoms with van der Waals surface area (Å²) in [4.78, 5) is 30.9. The number of ether oxygens (including phenoxy) is 2. The van der Waals surface area contributed by atoms with Gasteiger partial charge in [0.2, 0.25) is 5.91 Å². The predicted octanol–water partition coefficient (Wildman–Crippen LogP) is 2.27. The first-order valence-corrected chi connectivity index (χ1v) is 11.5. The van der Waals surface area contributed by atoms with Gasteiger partial charge in [-0.15, -0.1) is 0 Å². The summed E-state index contributed by atoms with van der Waals surface area (Å²) in [5, 5.41) is 14.4. The highest BCUT2D eigenvalue weighted by Crippen LogP contribution is 2.38. The van der Waals surface area contributed by atoms with Crippen LogP contribution in [-0.2, 0) is 14.3 Å². The standard InChI is InChI=1S/C25H33N3O5/c1-16-6-5-7-19-20(12-17(2)26-23(16)19)32-14-22(30)28-10-8-25(9-11-28)13-21(27-18(3)29)24(4,31)15-33-25/h5-7,12,21,31H,8-11,13-15H2,1-4H3,(H,27,29)/t21-,24-/m0/s1. The van der Waals surface area contributed by atoms with E-state index in [1.54, 1.807) is 11.8 Å². The summed E-state index contributed by atoms with van der Waals surface area (Å²) in [6.07, 6.45) is 1.84. The van der Waals surface area contributed by atoms with Crippen molar-refractivity contribution in [3.05, 3.63) is 35.5 Å². The zero-order valence-electron chi connectivity index (χ0n) is 19.8. The first-order valence-electron chi connectivity index (χ1n) is 11.5. The van der Waals surface area contributed by atoms with Crippen LogP contribution in [0.15, 0.2) is 24.3 Å². The summed E-state index contributed by atoms with van der Waals surface area (Å²) in [5.74, 6) is 0.427. The second-order valence-corrected chi connectivity index (χ2v) is 9.69. The number of aryl methyl sites for hydroxylation is 2. The molecule has 1 aromatic heterocycles. The van der Waals surface area contributed by atoms with Crippen molar-refractivity contribution < 1.29 is 24.2 Å². The lowest BCUT2D eigenvalue weighted by atomic mass is 9.77. The fraction of sp³-hybridized carbons (Fsp3) is 0.560. The van der Waals surface area contributed by atoms with Gasteiger partial charge in [0, 0.05) is 37.2 Å². The highest BCUT2D eigenvalue weighted by Gasteiger charge is 2.49. The lowest BCUT2D eigenvalue weighted by molar-refractivity contribution is -0.194. The largest absolute Gasteiger partial charge is 0.483 e. The molecule has 2 aromatic rings. The van der Waals surface area contributed by atoms with E-state index in [1.165, 1.54) is 6.92 Å². The molecule has 178 valence electrons. The van der Waals surface area contributed by atoms with Crippen molar-refractivity contribution in [3.8, 4) is 5.75 Å². The van der Waals surface area contributed by atoms with Gasteiger partial charge in [0.1, 0.15) is 11.4 Å². The van der Waals surface area contributed by atoms with Gasteiger partial charge in [-0.2, -0.15) is 0 Å². The van der Waals surface area contributed by atoms with Gasteiger partial charge in [-0.25, -0.2) is 0 Å². The zero-order valence-corrected chi connectivity index (χ0v) is 19.8. The molecular weight excluding hydrogens is 422 g/mol. The van der Waals surface area contributed by atoms with E-state index in [0.717, 1.165) is 22.2 Å². The number of aliphatic hydroxyl groups is 1. The third kappa shape index (κ3) is 4.96. The Bertz CT molecular complexity index is 1060. The van der Waals surface area contributed by atoms with Crippen LogP contribution in [0.4, 0.5) is 0 Å². The molecule has 8 heteroatoms. The second kappa shape index (κ2) is 8.91. The number of nitrogens with one attached hydrogen (secondary N) is 1. The summed E-state index contributed by atoms with van der Waals surface area (Å²) in [6.45, 7) is 8.28. The number of fused-ring (bicyclic) bond motifs is 1. The first-order chi connectivity index (χ1) is 15.6. The Labute approximate surface area is 194 Å². The van der Waals surface area contributed by atoms with E-state index in [2.05, 4.69) is 10.3 Å². The highest BCUT2D eigenvalue weighted by atomic mass is 16.5. The highest BCUT2D eigenvalue weighted by molar-refractivity contribution is 5.88. The van der Waals surface area contributed by atoms with Crippen LogP contribution in [0.5, 0.6) is 5.75 Å². The monoisotopic (exact) mass is 455 g/mol. The first kappa shape index (κ1) is 23.4. The average molecular weight is 456 g/mol.